The number of hydrogen-bond acceptors (Lipinski definition) is 4. The number of nitrogens with zero attached hydrogens (tertiary/aromatic N) is 3. The maximum absolute atomic E-state index is 14.0. The summed E-state index contributed by atoms with van der Waals surface area (Å²) >= 11 is 0. The summed E-state index contributed by atoms with van der Waals surface area (Å²) in [5, 5.41) is 11.4. The molecule has 0 saturated heterocycles. The predicted molar refractivity (Wildman–Crippen MR) is 97.4 cm³/mol. The summed E-state index contributed by atoms with van der Waals surface area (Å²) in [7, 11) is 0. The van der Waals surface area contributed by atoms with Gasteiger partial charge in [0.2, 0.25) is 0 Å². The topological polar surface area (TPSA) is 87.1 Å². The average Bonchev–Trinajstić information content (AvgIpc) is 2.65. The predicted octanol–water partition coefficient (Wildman–Crippen LogP) is 2.60. The summed E-state index contributed by atoms with van der Waals surface area (Å²) in [4.78, 5) is 36.0. The molecule has 1 heterocycles. The lowest BCUT2D eigenvalue weighted by atomic mass is 10.2. The van der Waals surface area contributed by atoms with Gasteiger partial charge >= 0.3 is 16.9 Å². The molecule has 0 aliphatic heterocycles. The Hall–Kier alpha value is -3.62. The van der Waals surface area contributed by atoms with E-state index in [-0.39, 0.29) is 23.4 Å². The fraction of sp³-hybridized carbons (Fsp3) is 0.158. The van der Waals surface area contributed by atoms with Gasteiger partial charge in [-0.2, -0.15) is 0 Å². The molecule has 0 bridgehead atoms. The fourth-order valence-corrected chi connectivity index (χ4v) is 2.92. The lowest BCUT2D eigenvalue weighted by Crippen LogP contribution is -2.42. The van der Waals surface area contributed by atoms with Crippen molar-refractivity contribution in [3.05, 3.63) is 108 Å². The Morgan fingerprint density at radius 3 is 1.82 bits per heavy atom. The molecule has 1 aromatic heterocycles. The van der Waals surface area contributed by atoms with Crippen molar-refractivity contribution in [3.8, 4) is 0 Å². The summed E-state index contributed by atoms with van der Waals surface area (Å²) in [6, 6.07) is 11.1. The normalized spacial score (nSPS) is 10.8. The van der Waals surface area contributed by atoms with Gasteiger partial charge in [-0.05, 0) is 19.1 Å². The average molecular weight is 387 g/mol. The Morgan fingerprint density at radius 1 is 0.893 bits per heavy atom. The molecule has 0 fully saturated rings. The molecule has 0 atom stereocenters. The van der Waals surface area contributed by atoms with Gasteiger partial charge in [0.15, 0.2) is 0 Å². The van der Waals surface area contributed by atoms with Crippen LogP contribution in [0.1, 0.15) is 16.8 Å². The first-order valence-electron chi connectivity index (χ1n) is 8.26. The minimum atomic E-state index is -1.14. The first-order chi connectivity index (χ1) is 13.3. The monoisotopic (exact) mass is 387 g/mol. The van der Waals surface area contributed by atoms with Crippen molar-refractivity contribution < 1.29 is 13.7 Å². The van der Waals surface area contributed by atoms with Crippen molar-refractivity contribution in [2.45, 2.75) is 20.0 Å². The first kappa shape index (κ1) is 19.2. The number of rotatable bonds is 5. The van der Waals surface area contributed by atoms with Crippen LogP contribution in [0.5, 0.6) is 0 Å². The van der Waals surface area contributed by atoms with Crippen LogP contribution in [0.3, 0.4) is 0 Å². The minimum Gasteiger partial charge on any atom is -0.286 e. The maximum atomic E-state index is 14.0. The summed E-state index contributed by atoms with van der Waals surface area (Å²) in [5.41, 5.74) is -2.89. The van der Waals surface area contributed by atoms with Crippen LogP contribution in [0, 0.1) is 28.7 Å². The summed E-state index contributed by atoms with van der Waals surface area (Å²) in [6.07, 6.45) is 0. The molecular formula is C19H15F2N3O4. The van der Waals surface area contributed by atoms with E-state index in [1.54, 1.807) is 6.07 Å². The smallest absolute Gasteiger partial charge is 0.286 e. The van der Waals surface area contributed by atoms with Crippen molar-refractivity contribution in [3.63, 3.8) is 0 Å². The molecular weight excluding hydrogens is 372 g/mol. The molecule has 0 amide bonds. The molecule has 7 nitrogen and oxygen atoms in total. The van der Waals surface area contributed by atoms with Gasteiger partial charge in [0, 0.05) is 11.1 Å². The van der Waals surface area contributed by atoms with Crippen LogP contribution in [0.2, 0.25) is 0 Å². The van der Waals surface area contributed by atoms with E-state index in [4.69, 9.17) is 0 Å². The molecule has 0 radical (unpaired) electrons. The van der Waals surface area contributed by atoms with E-state index in [2.05, 4.69) is 0 Å². The highest BCUT2D eigenvalue weighted by molar-refractivity contribution is 5.33. The highest BCUT2D eigenvalue weighted by Crippen LogP contribution is 2.15. The largest absolute Gasteiger partial charge is 0.353 e. The van der Waals surface area contributed by atoms with Gasteiger partial charge in [-0.25, -0.2) is 18.1 Å². The highest BCUT2D eigenvalue weighted by Gasteiger charge is 2.26. The highest BCUT2D eigenvalue weighted by atomic mass is 19.1. The van der Waals surface area contributed by atoms with Crippen LogP contribution >= 0.6 is 0 Å². The fourth-order valence-electron chi connectivity index (χ4n) is 2.92. The zero-order chi connectivity index (χ0) is 20.4. The first-order valence-corrected chi connectivity index (χ1v) is 8.26. The van der Waals surface area contributed by atoms with Crippen LogP contribution in [0.15, 0.2) is 58.1 Å². The molecule has 0 saturated carbocycles. The van der Waals surface area contributed by atoms with Crippen molar-refractivity contribution in [2.24, 2.45) is 0 Å². The van der Waals surface area contributed by atoms with Gasteiger partial charge < -0.3 is 0 Å². The Morgan fingerprint density at radius 2 is 1.36 bits per heavy atom. The second-order valence-electron chi connectivity index (χ2n) is 6.13. The van der Waals surface area contributed by atoms with Gasteiger partial charge in [0.05, 0.1) is 18.0 Å². The number of benzene rings is 2. The maximum Gasteiger partial charge on any atom is 0.353 e. The minimum absolute atomic E-state index is 0.0253. The van der Waals surface area contributed by atoms with Crippen LogP contribution in [0.25, 0.3) is 0 Å². The van der Waals surface area contributed by atoms with Gasteiger partial charge in [0.1, 0.15) is 17.3 Å². The van der Waals surface area contributed by atoms with Gasteiger partial charge in [-0.3, -0.25) is 19.5 Å². The third-order valence-electron chi connectivity index (χ3n) is 4.41. The van der Waals surface area contributed by atoms with Crippen molar-refractivity contribution in [1.29, 1.82) is 0 Å². The molecule has 3 rings (SSSR count). The van der Waals surface area contributed by atoms with Crippen LogP contribution < -0.4 is 11.2 Å². The number of nitro groups is 1. The lowest BCUT2D eigenvalue weighted by Gasteiger charge is -2.14. The van der Waals surface area contributed by atoms with Gasteiger partial charge in [0.25, 0.3) is 0 Å². The van der Waals surface area contributed by atoms with Crippen molar-refractivity contribution in [1.82, 2.24) is 9.13 Å². The van der Waals surface area contributed by atoms with E-state index in [1.165, 1.54) is 43.3 Å². The molecule has 2 aromatic carbocycles. The molecule has 0 unspecified atom stereocenters. The van der Waals surface area contributed by atoms with Gasteiger partial charge in [-0.1, -0.05) is 36.4 Å². The van der Waals surface area contributed by atoms with E-state index in [1.807, 2.05) is 0 Å². The van der Waals surface area contributed by atoms with E-state index in [0.29, 0.717) is 4.57 Å². The molecule has 28 heavy (non-hydrogen) atoms. The van der Waals surface area contributed by atoms with Gasteiger partial charge in [-0.15, -0.1) is 0 Å². The molecule has 0 N–H and O–H groups in total. The molecule has 144 valence electrons. The molecule has 0 aliphatic carbocycles. The Balaban J connectivity index is 2.23. The molecule has 3 aromatic rings. The lowest BCUT2D eigenvalue weighted by molar-refractivity contribution is -0.387. The standard InChI is InChI=1S/C19H15F2N3O4/c1-12-17(24(27)28)18(25)23(11-14-7-3-5-9-16(14)21)19(26)22(12)10-13-6-2-4-8-15(13)20/h2-9H,10-11H2,1H3. The Kier molecular flexibility index (Phi) is 5.16. The zero-order valence-electron chi connectivity index (χ0n) is 14.8. The van der Waals surface area contributed by atoms with Crippen LogP contribution in [-0.2, 0) is 13.1 Å². The number of halogens is 2. The van der Waals surface area contributed by atoms with E-state index in [0.717, 1.165) is 10.6 Å². The quantitative estimate of drug-likeness (QED) is 0.497. The van der Waals surface area contributed by atoms with Crippen LogP contribution in [-0.4, -0.2) is 14.1 Å². The second kappa shape index (κ2) is 7.55. The third-order valence-corrected chi connectivity index (χ3v) is 4.41. The number of hydrogen-bond donors (Lipinski definition) is 0. The number of aromatic nitrogens is 2. The summed E-state index contributed by atoms with van der Waals surface area (Å²) < 4.78 is 29.5. The van der Waals surface area contributed by atoms with Crippen molar-refractivity contribution in [2.75, 3.05) is 0 Å². The van der Waals surface area contributed by atoms with E-state index < -0.39 is 40.0 Å². The van der Waals surface area contributed by atoms with Crippen molar-refractivity contribution >= 4 is 5.69 Å². The zero-order valence-corrected chi connectivity index (χ0v) is 14.8. The Bertz CT molecular complexity index is 1180. The molecule has 9 heteroatoms. The third kappa shape index (κ3) is 3.46. The summed E-state index contributed by atoms with van der Waals surface area (Å²) in [5.74, 6) is -1.25. The van der Waals surface area contributed by atoms with Crippen LogP contribution in [0.4, 0.5) is 14.5 Å². The summed E-state index contributed by atoms with van der Waals surface area (Å²) in [6.45, 7) is 0.452. The van der Waals surface area contributed by atoms with E-state index in [9.17, 15) is 28.5 Å². The molecule has 0 aliphatic rings. The molecule has 0 spiro atoms. The Labute approximate surface area is 157 Å². The second-order valence-corrected chi connectivity index (χ2v) is 6.13. The SMILES string of the molecule is Cc1c([N+](=O)[O-])c(=O)n(Cc2ccccc2F)c(=O)n1Cc1ccccc1F. The van der Waals surface area contributed by atoms with E-state index >= 15 is 0 Å².